The van der Waals surface area contributed by atoms with Gasteiger partial charge < -0.3 is 14.8 Å². The molecule has 2 fully saturated rings. The van der Waals surface area contributed by atoms with Gasteiger partial charge in [0.25, 0.3) is 0 Å². The van der Waals surface area contributed by atoms with E-state index in [1.165, 1.54) is 18.4 Å². The van der Waals surface area contributed by atoms with Gasteiger partial charge in [-0.25, -0.2) is 0 Å². The molecule has 154 valence electrons. The fourth-order valence-electron chi connectivity index (χ4n) is 4.46. The minimum Gasteiger partial charge on any atom is -0.493 e. The molecule has 1 amide bonds. The average Bonchev–Trinajstić information content (AvgIpc) is 3.24. The van der Waals surface area contributed by atoms with Crippen LogP contribution in [0.2, 0.25) is 5.02 Å². The zero-order valence-electron chi connectivity index (χ0n) is 16.8. The highest BCUT2D eigenvalue weighted by Crippen LogP contribution is 2.37. The van der Waals surface area contributed by atoms with Crippen molar-refractivity contribution in [2.24, 2.45) is 5.92 Å². The summed E-state index contributed by atoms with van der Waals surface area (Å²) in [5.41, 5.74) is 2.33. The monoisotopic (exact) mass is 413 g/mol. The van der Waals surface area contributed by atoms with Gasteiger partial charge in [-0.2, -0.15) is 0 Å². The number of rotatable bonds is 6. The second-order valence-corrected chi connectivity index (χ2v) is 8.58. The molecule has 0 bridgehead atoms. The molecular formula is C24H28ClNO3. The number of methoxy groups -OCH3 is 1. The van der Waals surface area contributed by atoms with Crippen LogP contribution in [0.3, 0.4) is 0 Å². The minimum absolute atomic E-state index is 0.0452. The summed E-state index contributed by atoms with van der Waals surface area (Å²) in [5.74, 6) is 1.95. The SMILES string of the molecule is COc1ccc(C2CNC(=O)[C@H](Cc3ccc(Cl)cc3)C2)cc1OC1CCCC1. The Morgan fingerprint density at radius 2 is 1.83 bits per heavy atom. The molecule has 0 spiro atoms. The van der Waals surface area contributed by atoms with E-state index in [-0.39, 0.29) is 23.8 Å². The topological polar surface area (TPSA) is 47.6 Å². The van der Waals surface area contributed by atoms with Crippen LogP contribution in [0.15, 0.2) is 42.5 Å². The largest absolute Gasteiger partial charge is 0.493 e. The highest BCUT2D eigenvalue weighted by Gasteiger charge is 2.30. The van der Waals surface area contributed by atoms with Crippen molar-refractivity contribution in [2.45, 2.75) is 50.5 Å². The van der Waals surface area contributed by atoms with Gasteiger partial charge >= 0.3 is 0 Å². The Morgan fingerprint density at radius 1 is 1.07 bits per heavy atom. The lowest BCUT2D eigenvalue weighted by Crippen LogP contribution is -2.41. The van der Waals surface area contributed by atoms with E-state index < -0.39 is 0 Å². The van der Waals surface area contributed by atoms with Gasteiger partial charge in [-0.1, -0.05) is 29.8 Å². The Kier molecular flexibility index (Phi) is 6.29. The molecule has 5 heteroatoms. The fraction of sp³-hybridized carbons (Fsp3) is 0.458. The van der Waals surface area contributed by atoms with Crippen LogP contribution in [0.4, 0.5) is 0 Å². The zero-order valence-corrected chi connectivity index (χ0v) is 17.6. The van der Waals surface area contributed by atoms with Gasteiger partial charge in [0.15, 0.2) is 11.5 Å². The molecule has 2 atom stereocenters. The molecule has 0 aromatic heterocycles. The molecule has 1 saturated heterocycles. The van der Waals surface area contributed by atoms with Crippen LogP contribution >= 0.6 is 11.6 Å². The molecule has 1 unspecified atom stereocenters. The van der Waals surface area contributed by atoms with Crippen LogP contribution in [-0.2, 0) is 11.2 Å². The maximum absolute atomic E-state index is 12.5. The van der Waals surface area contributed by atoms with Gasteiger partial charge in [0.1, 0.15) is 0 Å². The molecule has 0 radical (unpaired) electrons. The van der Waals surface area contributed by atoms with Crippen molar-refractivity contribution in [1.29, 1.82) is 0 Å². The summed E-state index contributed by atoms with van der Waals surface area (Å²) in [6.07, 6.45) is 6.50. The van der Waals surface area contributed by atoms with Crippen molar-refractivity contribution in [3.63, 3.8) is 0 Å². The zero-order chi connectivity index (χ0) is 20.2. The van der Waals surface area contributed by atoms with Gasteiger partial charge in [0.2, 0.25) is 5.91 Å². The van der Waals surface area contributed by atoms with Crippen molar-refractivity contribution in [3.8, 4) is 11.5 Å². The molecule has 2 aromatic carbocycles. The molecule has 1 heterocycles. The number of hydrogen-bond acceptors (Lipinski definition) is 3. The Bertz CT molecular complexity index is 846. The molecule has 29 heavy (non-hydrogen) atoms. The van der Waals surface area contributed by atoms with Crippen molar-refractivity contribution in [1.82, 2.24) is 5.32 Å². The molecule has 1 aliphatic heterocycles. The smallest absolute Gasteiger partial charge is 0.223 e. The summed E-state index contributed by atoms with van der Waals surface area (Å²) < 4.78 is 11.8. The molecule has 4 nitrogen and oxygen atoms in total. The maximum Gasteiger partial charge on any atom is 0.223 e. The van der Waals surface area contributed by atoms with Gasteiger partial charge in [0, 0.05) is 23.4 Å². The van der Waals surface area contributed by atoms with E-state index in [0.717, 1.165) is 42.7 Å². The van der Waals surface area contributed by atoms with E-state index in [1.807, 2.05) is 30.3 Å². The van der Waals surface area contributed by atoms with Gasteiger partial charge in [-0.15, -0.1) is 0 Å². The number of halogens is 1. The summed E-state index contributed by atoms with van der Waals surface area (Å²) >= 11 is 5.99. The number of hydrogen-bond donors (Lipinski definition) is 1. The third-order valence-corrected chi connectivity index (χ3v) is 6.36. The van der Waals surface area contributed by atoms with Crippen LogP contribution in [0.5, 0.6) is 11.5 Å². The van der Waals surface area contributed by atoms with Gasteiger partial charge in [0.05, 0.1) is 13.2 Å². The normalized spacial score (nSPS) is 22.3. The third-order valence-electron chi connectivity index (χ3n) is 6.11. The Balaban J connectivity index is 1.49. The fourth-order valence-corrected chi connectivity index (χ4v) is 4.59. The highest BCUT2D eigenvalue weighted by molar-refractivity contribution is 6.30. The predicted molar refractivity (Wildman–Crippen MR) is 115 cm³/mol. The summed E-state index contributed by atoms with van der Waals surface area (Å²) in [7, 11) is 1.68. The first-order valence-electron chi connectivity index (χ1n) is 10.5. The Labute approximate surface area is 177 Å². The van der Waals surface area contributed by atoms with E-state index in [2.05, 4.69) is 17.4 Å². The van der Waals surface area contributed by atoms with Crippen LogP contribution < -0.4 is 14.8 Å². The standard InChI is InChI=1S/C24H28ClNO3/c1-28-22-11-8-17(14-23(22)29-21-4-2-3-5-21)19-13-18(24(27)26-15-19)12-16-6-9-20(25)10-7-16/h6-11,14,18-19,21H,2-5,12-13,15H2,1H3,(H,26,27)/t18-,19?/m1/s1. The van der Waals surface area contributed by atoms with Crippen molar-refractivity contribution in [3.05, 3.63) is 58.6 Å². The summed E-state index contributed by atoms with van der Waals surface area (Å²) in [5, 5.41) is 3.81. The minimum atomic E-state index is -0.0452. The number of amides is 1. The molecule has 4 rings (SSSR count). The lowest BCUT2D eigenvalue weighted by Gasteiger charge is -2.30. The van der Waals surface area contributed by atoms with Crippen molar-refractivity contribution < 1.29 is 14.3 Å². The molecule has 2 aromatic rings. The Hall–Kier alpha value is -2.20. The number of carbonyl (C=O) groups excluding carboxylic acids is 1. The van der Waals surface area contributed by atoms with Gasteiger partial charge in [-0.3, -0.25) is 4.79 Å². The highest BCUT2D eigenvalue weighted by atomic mass is 35.5. The van der Waals surface area contributed by atoms with E-state index in [1.54, 1.807) is 7.11 Å². The molecule has 1 saturated carbocycles. The molecular weight excluding hydrogens is 386 g/mol. The van der Waals surface area contributed by atoms with E-state index in [9.17, 15) is 4.79 Å². The van der Waals surface area contributed by atoms with Crippen LogP contribution in [0.1, 0.15) is 49.1 Å². The van der Waals surface area contributed by atoms with E-state index >= 15 is 0 Å². The van der Waals surface area contributed by atoms with Crippen LogP contribution in [0.25, 0.3) is 0 Å². The summed E-state index contributed by atoms with van der Waals surface area (Å²) in [4.78, 5) is 12.5. The van der Waals surface area contributed by atoms with Crippen molar-refractivity contribution in [2.75, 3.05) is 13.7 Å². The first-order valence-corrected chi connectivity index (χ1v) is 10.9. The predicted octanol–water partition coefficient (Wildman–Crippen LogP) is 5.13. The van der Waals surface area contributed by atoms with E-state index in [0.29, 0.717) is 11.6 Å². The molecule has 1 N–H and O–H groups in total. The second-order valence-electron chi connectivity index (χ2n) is 8.14. The summed E-state index contributed by atoms with van der Waals surface area (Å²) in [6, 6.07) is 14.0. The number of carbonyl (C=O) groups is 1. The van der Waals surface area contributed by atoms with E-state index in [4.69, 9.17) is 21.1 Å². The van der Waals surface area contributed by atoms with Crippen molar-refractivity contribution >= 4 is 17.5 Å². The first-order chi connectivity index (χ1) is 14.1. The lowest BCUT2D eigenvalue weighted by atomic mass is 9.82. The number of nitrogens with one attached hydrogen (secondary N) is 1. The quantitative estimate of drug-likeness (QED) is 0.713. The maximum atomic E-state index is 12.5. The second kappa shape index (κ2) is 9.08. The number of piperidine rings is 1. The Morgan fingerprint density at radius 3 is 2.55 bits per heavy atom. The number of ether oxygens (including phenoxy) is 2. The summed E-state index contributed by atoms with van der Waals surface area (Å²) in [6.45, 7) is 0.658. The molecule has 1 aliphatic carbocycles. The van der Waals surface area contributed by atoms with Gasteiger partial charge in [-0.05, 0) is 73.9 Å². The first kappa shape index (κ1) is 20.1. The lowest BCUT2D eigenvalue weighted by molar-refractivity contribution is -0.126. The van der Waals surface area contributed by atoms with Crippen LogP contribution in [-0.4, -0.2) is 25.7 Å². The molecule has 2 aliphatic rings. The van der Waals surface area contributed by atoms with Crippen LogP contribution in [0, 0.1) is 5.92 Å². The number of benzene rings is 2. The third kappa shape index (κ3) is 4.87. The average molecular weight is 414 g/mol.